The van der Waals surface area contributed by atoms with Gasteiger partial charge in [-0.2, -0.15) is 0 Å². The molecule has 0 radical (unpaired) electrons. The van der Waals surface area contributed by atoms with Crippen molar-refractivity contribution in [1.29, 1.82) is 0 Å². The molecule has 0 nitrogen and oxygen atoms in total. The molecule has 0 aromatic carbocycles. The van der Waals surface area contributed by atoms with Gasteiger partial charge in [0.25, 0.3) is 0 Å². The standard InChI is InChI=1S/C9H18.2C2H6.CH4/c1-8(2)9-6-4-3-5-7-9;2*1-2;/h8-9H,3-7H2,1-2H3;2*1-2H3;1H4. The number of hydrogen-bond acceptors (Lipinski definition) is 0. The highest BCUT2D eigenvalue weighted by Crippen LogP contribution is 2.29. The van der Waals surface area contributed by atoms with Gasteiger partial charge in [-0.3, -0.25) is 0 Å². The summed E-state index contributed by atoms with van der Waals surface area (Å²) in [5, 5.41) is 0. The summed E-state index contributed by atoms with van der Waals surface area (Å²) in [6, 6.07) is 0. The van der Waals surface area contributed by atoms with E-state index in [9.17, 15) is 0 Å². The summed E-state index contributed by atoms with van der Waals surface area (Å²) in [6.07, 6.45) is 7.46. The lowest BCUT2D eigenvalue weighted by atomic mass is 9.82. The van der Waals surface area contributed by atoms with Gasteiger partial charge in [-0.25, -0.2) is 0 Å². The molecule has 0 heterocycles. The van der Waals surface area contributed by atoms with Gasteiger partial charge in [0.05, 0.1) is 0 Å². The third-order valence-electron chi connectivity index (χ3n) is 2.59. The van der Waals surface area contributed by atoms with Crippen LogP contribution >= 0.6 is 0 Å². The molecule has 0 bridgehead atoms. The first-order valence-electron chi connectivity index (χ1n) is 6.30. The average Bonchev–Trinajstić information content (AvgIpc) is 2.25. The van der Waals surface area contributed by atoms with E-state index in [2.05, 4.69) is 13.8 Å². The van der Waals surface area contributed by atoms with E-state index < -0.39 is 0 Å². The molecule has 1 aliphatic rings. The molecule has 0 heteroatoms. The molecular formula is C14H34. The Kier molecular flexibility index (Phi) is 21.6. The van der Waals surface area contributed by atoms with Crippen molar-refractivity contribution in [3.8, 4) is 0 Å². The second kappa shape index (κ2) is 15.5. The zero-order valence-electron chi connectivity index (χ0n) is 10.7. The Hall–Kier alpha value is 0. The molecule has 0 spiro atoms. The van der Waals surface area contributed by atoms with E-state index >= 15 is 0 Å². The zero-order chi connectivity index (χ0) is 10.7. The maximum Gasteiger partial charge on any atom is -0.0391 e. The SMILES string of the molecule is C.CC.CC.CC(C)C1CCCCC1. The Bertz CT molecular complexity index is 68.1. The Morgan fingerprint density at radius 1 is 0.786 bits per heavy atom. The van der Waals surface area contributed by atoms with Crippen molar-refractivity contribution in [2.24, 2.45) is 11.8 Å². The minimum Gasteiger partial charge on any atom is -0.0776 e. The maximum atomic E-state index is 2.36. The highest BCUT2D eigenvalue weighted by atomic mass is 14.2. The van der Waals surface area contributed by atoms with Crippen molar-refractivity contribution in [3.63, 3.8) is 0 Å². The van der Waals surface area contributed by atoms with Crippen LogP contribution in [0.3, 0.4) is 0 Å². The maximum absolute atomic E-state index is 2.36. The Morgan fingerprint density at radius 3 is 1.36 bits per heavy atom. The van der Waals surface area contributed by atoms with Crippen LogP contribution in [0.1, 0.15) is 81.1 Å². The summed E-state index contributed by atoms with van der Waals surface area (Å²) in [7, 11) is 0. The molecule has 0 atom stereocenters. The van der Waals surface area contributed by atoms with Gasteiger partial charge in [-0.15, -0.1) is 0 Å². The van der Waals surface area contributed by atoms with Crippen LogP contribution in [-0.2, 0) is 0 Å². The van der Waals surface area contributed by atoms with E-state index in [4.69, 9.17) is 0 Å². The molecule has 14 heavy (non-hydrogen) atoms. The molecular weight excluding hydrogens is 168 g/mol. The van der Waals surface area contributed by atoms with Crippen molar-refractivity contribution in [1.82, 2.24) is 0 Å². The molecule has 0 unspecified atom stereocenters. The largest absolute Gasteiger partial charge is 0.0776 e. The highest BCUT2D eigenvalue weighted by molar-refractivity contribution is 4.67. The summed E-state index contributed by atoms with van der Waals surface area (Å²) >= 11 is 0. The summed E-state index contributed by atoms with van der Waals surface area (Å²) in [6.45, 7) is 12.7. The molecule has 90 valence electrons. The summed E-state index contributed by atoms with van der Waals surface area (Å²) in [5.41, 5.74) is 0. The Morgan fingerprint density at radius 2 is 1.14 bits per heavy atom. The fraction of sp³-hybridized carbons (Fsp3) is 1.00. The quantitative estimate of drug-likeness (QED) is 0.496. The van der Waals surface area contributed by atoms with Crippen LogP contribution in [0.4, 0.5) is 0 Å². The smallest absolute Gasteiger partial charge is 0.0391 e. The lowest BCUT2D eigenvalue weighted by molar-refractivity contribution is 0.279. The summed E-state index contributed by atoms with van der Waals surface area (Å²) in [5.74, 6) is 1.99. The minimum absolute atomic E-state index is 0. The molecule has 0 aromatic heterocycles. The molecule has 0 aromatic rings. The average molecular weight is 202 g/mol. The van der Waals surface area contributed by atoms with E-state index in [-0.39, 0.29) is 7.43 Å². The second-order valence-electron chi connectivity index (χ2n) is 3.64. The van der Waals surface area contributed by atoms with Gasteiger partial charge in [-0.05, 0) is 11.8 Å². The van der Waals surface area contributed by atoms with Crippen molar-refractivity contribution in [2.75, 3.05) is 0 Å². The third kappa shape index (κ3) is 10.1. The van der Waals surface area contributed by atoms with E-state index in [1.165, 1.54) is 32.1 Å². The fourth-order valence-corrected chi connectivity index (χ4v) is 1.80. The topological polar surface area (TPSA) is 0 Å². The normalized spacial score (nSPS) is 15.6. The number of rotatable bonds is 1. The lowest BCUT2D eigenvalue weighted by Gasteiger charge is -2.24. The monoisotopic (exact) mass is 202 g/mol. The van der Waals surface area contributed by atoms with Crippen molar-refractivity contribution < 1.29 is 0 Å². The van der Waals surface area contributed by atoms with Gasteiger partial charge in [0.2, 0.25) is 0 Å². The van der Waals surface area contributed by atoms with Crippen LogP contribution in [0.15, 0.2) is 0 Å². The molecule has 1 aliphatic carbocycles. The van der Waals surface area contributed by atoms with Gasteiger partial charge in [0, 0.05) is 0 Å². The molecule has 0 saturated heterocycles. The van der Waals surface area contributed by atoms with E-state index in [1.807, 2.05) is 27.7 Å². The van der Waals surface area contributed by atoms with Gasteiger partial charge in [-0.1, -0.05) is 81.1 Å². The molecule has 0 N–H and O–H groups in total. The van der Waals surface area contributed by atoms with E-state index in [0.717, 1.165) is 11.8 Å². The molecule has 0 amide bonds. The molecule has 1 rings (SSSR count). The van der Waals surface area contributed by atoms with Crippen molar-refractivity contribution in [3.05, 3.63) is 0 Å². The molecule has 1 fully saturated rings. The van der Waals surface area contributed by atoms with Gasteiger partial charge < -0.3 is 0 Å². The molecule has 0 aliphatic heterocycles. The highest BCUT2D eigenvalue weighted by Gasteiger charge is 2.15. The third-order valence-corrected chi connectivity index (χ3v) is 2.59. The van der Waals surface area contributed by atoms with Crippen molar-refractivity contribution in [2.45, 2.75) is 81.1 Å². The number of hydrogen-bond donors (Lipinski definition) is 0. The molecule has 1 saturated carbocycles. The van der Waals surface area contributed by atoms with Crippen LogP contribution in [0.2, 0.25) is 0 Å². The fourth-order valence-electron chi connectivity index (χ4n) is 1.80. The van der Waals surface area contributed by atoms with Crippen LogP contribution in [0, 0.1) is 11.8 Å². The Balaban J connectivity index is -0.000000216. The zero-order valence-corrected chi connectivity index (χ0v) is 10.7. The first-order valence-corrected chi connectivity index (χ1v) is 6.30. The first-order chi connectivity index (χ1) is 6.30. The van der Waals surface area contributed by atoms with Crippen LogP contribution in [0.5, 0.6) is 0 Å². The predicted octanol–water partition coefficient (Wildman–Crippen LogP) is 5.91. The summed E-state index contributed by atoms with van der Waals surface area (Å²) < 4.78 is 0. The predicted molar refractivity (Wildman–Crippen MR) is 70.8 cm³/mol. The van der Waals surface area contributed by atoms with Crippen LogP contribution < -0.4 is 0 Å². The van der Waals surface area contributed by atoms with Gasteiger partial charge >= 0.3 is 0 Å². The first kappa shape index (κ1) is 19.6. The van der Waals surface area contributed by atoms with E-state index in [0.29, 0.717) is 0 Å². The van der Waals surface area contributed by atoms with Gasteiger partial charge in [0.1, 0.15) is 0 Å². The Labute approximate surface area is 93.5 Å². The lowest BCUT2D eigenvalue weighted by Crippen LogP contribution is -2.12. The minimum atomic E-state index is 0. The van der Waals surface area contributed by atoms with E-state index in [1.54, 1.807) is 0 Å². The van der Waals surface area contributed by atoms with Crippen LogP contribution in [-0.4, -0.2) is 0 Å². The van der Waals surface area contributed by atoms with Crippen molar-refractivity contribution >= 4 is 0 Å². The van der Waals surface area contributed by atoms with Gasteiger partial charge in [0.15, 0.2) is 0 Å². The second-order valence-corrected chi connectivity index (χ2v) is 3.64. The van der Waals surface area contributed by atoms with Crippen LogP contribution in [0.25, 0.3) is 0 Å². The summed E-state index contributed by atoms with van der Waals surface area (Å²) in [4.78, 5) is 0.